The minimum Gasteiger partial charge on any atom is -0.507 e. The van der Waals surface area contributed by atoms with Crippen molar-refractivity contribution in [2.45, 2.75) is 123 Å². The van der Waals surface area contributed by atoms with Crippen LogP contribution in [0.3, 0.4) is 0 Å². The zero-order valence-electron chi connectivity index (χ0n) is 43.3. The number of carbonyl (C=O) groups is 4. The fraction of sp³-hybridized carbons (Fsp3) is 0.473. The van der Waals surface area contributed by atoms with Gasteiger partial charge in [-0.1, -0.05) is 45.9 Å². The van der Waals surface area contributed by atoms with Crippen molar-refractivity contribution in [3.05, 3.63) is 92.8 Å². The third kappa shape index (κ3) is 10.0. The van der Waals surface area contributed by atoms with Crippen LogP contribution in [0, 0.1) is 36.4 Å². The molecule has 5 heterocycles. The van der Waals surface area contributed by atoms with Gasteiger partial charge in [0.1, 0.15) is 34.7 Å². The summed E-state index contributed by atoms with van der Waals surface area (Å²) in [5, 5.41) is 74.6. The quantitative estimate of drug-likeness (QED) is 0.0524. The molecule has 4 aliphatic heterocycles. The number of halogens is 1. The van der Waals surface area contributed by atoms with Crippen LogP contribution in [0.4, 0.5) is 15.8 Å². The van der Waals surface area contributed by atoms with Gasteiger partial charge in [0, 0.05) is 110 Å². The van der Waals surface area contributed by atoms with Gasteiger partial charge in [-0.25, -0.2) is 9.18 Å². The number of amides is 1. The number of phenols is 3. The number of aliphatic hydroxyl groups is 2. The molecular formula is C55H65FN4O15. The average Bonchev–Trinajstić information content (AvgIpc) is 4.05. The first-order valence-electron chi connectivity index (χ1n) is 25.1. The van der Waals surface area contributed by atoms with Crippen molar-refractivity contribution in [1.82, 2.24) is 9.88 Å². The van der Waals surface area contributed by atoms with Crippen molar-refractivity contribution in [3.8, 4) is 23.0 Å². The number of aromatic carboxylic acids is 1. The number of benzene rings is 3. The van der Waals surface area contributed by atoms with Crippen LogP contribution in [0.25, 0.3) is 21.7 Å². The molecule has 9 rings (SSSR count). The number of esters is 1. The number of fused-ring (bicyclic) bond motifs is 15. The van der Waals surface area contributed by atoms with E-state index in [-0.39, 0.29) is 74.7 Å². The van der Waals surface area contributed by atoms with E-state index in [4.69, 9.17) is 18.9 Å². The zero-order chi connectivity index (χ0) is 54.7. The second-order valence-corrected chi connectivity index (χ2v) is 20.6. The molecule has 5 aliphatic rings. The van der Waals surface area contributed by atoms with Crippen LogP contribution < -0.4 is 25.7 Å². The second kappa shape index (κ2) is 21.0. The van der Waals surface area contributed by atoms with Crippen molar-refractivity contribution in [2.24, 2.45) is 23.7 Å². The number of hydrogen-bond donors (Lipinski definition) is 8. The number of carboxylic acid groups (broad SMARTS) is 1. The SMILES string of the molecule is CO[C@H]1/C=C/O[C@@]2(C)Oc3c(C)c(O)c4c(O)c(c(CN[C@H]5CCN(c6cc7c(cc6F)c(=O)c(C(=O)O)cn7C6CC6)C5)c(O)c4c3C2=O)NC(=O)/C(C)=C\C=C\[C@H](C)[C@H](O)[C@@H](C)[C@@H](O)[C@@H](C)[C@H](OC(C)=O)[C@@H]1C. The number of Topliss-reactive ketones (excluding diaryl/α,β-unsaturated/α-hetero) is 1. The number of carbonyl (C=O) groups excluding carboxylic acids is 3. The second-order valence-electron chi connectivity index (χ2n) is 20.6. The smallest absolute Gasteiger partial charge is 0.341 e. The van der Waals surface area contributed by atoms with Crippen LogP contribution in [0.15, 0.2) is 59.3 Å². The monoisotopic (exact) mass is 1040 g/mol. The average molecular weight is 1040 g/mol. The molecule has 2 fully saturated rings. The van der Waals surface area contributed by atoms with E-state index in [1.807, 2.05) is 0 Å². The summed E-state index contributed by atoms with van der Waals surface area (Å²) in [5.74, 6) is -11.1. The Kier molecular flexibility index (Phi) is 15.2. The number of methoxy groups -OCH3 is 1. The van der Waals surface area contributed by atoms with E-state index in [1.54, 1.807) is 55.4 Å². The van der Waals surface area contributed by atoms with Crippen molar-refractivity contribution in [1.29, 1.82) is 0 Å². The Labute approximate surface area is 431 Å². The van der Waals surface area contributed by atoms with E-state index < -0.39 is 118 Å². The zero-order valence-corrected chi connectivity index (χ0v) is 43.3. The first-order valence-corrected chi connectivity index (χ1v) is 25.1. The fourth-order valence-corrected chi connectivity index (χ4v) is 10.8. The molecule has 1 saturated carbocycles. The first kappa shape index (κ1) is 54.3. The molecule has 1 saturated heterocycles. The minimum atomic E-state index is -2.12. The molecule has 0 radical (unpaired) electrons. The van der Waals surface area contributed by atoms with Crippen molar-refractivity contribution >= 4 is 56.7 Å². The number of aromatic hydroxyl groups is 3. The number of aliphatic hydroxyl groups excluding tert-OH is 2. The van der Waals surface area contributed by atoms with Crippen molar-refractivity contribution in [2.75, 3.05) is 30.4 Å². The fourth-order valence-electron chi connectivity index (χ4n) is 10.8. The molecule has 1 amide bonds. The molecule has 0 unspecified atom stereocenters. The Morgan fingerprint density at radius 2 is 1.65 bits per heavy atom. The topological polar surface area (TPSA) is 276 Å². The number of nitrogens with one attached hydrogen (secondary N) is 2. The lowest BCUT2D eigenvalue weighted by Crippen LogP contribution is -2.46. The summed E-state index contributed by atoms with van der Waals surface area (Å²) in [7, 11) is 1.41. The number of anilines is 2. The number of pyridine rings is 1. The highest BCUT2D eigenvalue weighted by atomic mass is 19.1. The number of aromatic nitrogens is 1. The van der Waals surface area contributed by atoms with Gasteiger partial charge in [0.15, 0.2) is 5.75 Å². The van der Waals surface area contributed by atoms with Crippen molar-refractivity contribution in [3.63, 3.8) is 0 Å². The van der Waals surface area contributed by atoms with Crippen molar-refractivity contribution < 1.29 is 73.2 Å². The van der Waals surface area contributed by atoms with Gasteiger partial charge in [-0.15, -0.1) is 0 Å². The summed E-state index contributed by atoms with van der Waals surface area (Å²) in [6.45, 7) is 12.6. The highest BCUT2D eigenvalue weighted by Gasteiger charge is 2.50. The summed E-state index contributed by atoms with van der Waals surface area (Å²) < 4.78 is 41.5. The van der Waals surface area contributed by atoms with E-state index in [0.717, 1.165) is 18.9 Å². The number of rotatable bonds is 8. The molecule has 1 aromatic heterocycles. The summed E-state index contributed by atoms with van der Waals surface area (Å²) >= 11 is 0. The van der Waals surface area contributed by atoms with Gasteiger partial charge >= 0.3 is 17.7 Å². The van der Waals surface area contributed by atoms with Gasteiger partial charge in [-0.3, -0.25) is 19.2 Å². The van der Waals surface area contributed by atoms with E-state index in [2.05, 4.69) is 10.6 Å². The molecule has 8 N–H and O–H groups in total. The number of carboxylic acids is 1. The Morgan fingerprint density at radius 3 is 2.31 bits per heavy atom. The molecule has 19 nitrogen and oxygen atoms in total. The maximum absolute atomic E-state index is 16.0. The maximum atomic E-state index is 16.0. The minimum absolute atomic E-state index is 0.000796. The molecule has 0 spiro atoms. The van der Waals surface area contributed by atoms with Gasteiger partial charge in [-0.05, 0) is 51.3 Å². The van der Waals surface area contributed by atoms with Crippen LogP contribution in [-0.2, 0) is 30.3 Å². The Hall–Kier alpha value is -7.00. The van der Waals surface area contributed by atoms with E-state index >= 15 is 4.39 Å². The summed E-state index contributed by atoms with van der Waals surface area (Å²) in [6.07, 6.45) is 6.50. The van der Waals surface area contributed by atoms with Gasteiger partial charge in [0.2, 0.25) is 5.43 Å². The lowest BCUT2D eigenvalue weighted by atomic mass is 9.78. The predicted octanol–water partition coefficient (Wildman–Crippen LogP) is 6.61. The lowest BCUT2D eigenvalue weighted by Gasteiger charge is -2.38. The van der Waals surface area contributed by atoms with Crippen LogP contribution in [0.1, 0.15) is 106 Å². The van der Waals surface area contributed by atoms with Gasteiger partial charge in [-0.2, -0.15) is 0 Å². The Balaban J connectivity index is 1.18. The summed E-state index contributed by atoms with van der Waals surface area (Å²) in [6, 6.07) is 2.17. The standard InChI is InChI=1S/C55H65FN4O15/c1-24-11-10-12-25(2)53(69)58-43-34(21-57-31-15-17-59(22-31)38-20-37-33(19-36(38)56)47(65)35(54(70)71)23-60(37)32-13-14-32)48(66)40-41(49(43)67)46(64)29(6)51-42(40)52(68)55(8,75-51)73-18-16-39(72-9)26(3)50(74-30(7)61)28(5)45(63)27(4)44(24)62/h10-12,16,18-20,23-24,26-28,31-32,39,44-45,50,57,62-64,66-67H,13-15,17,21-22H2,1-9H3,(H,58,69)(H,70,71)/b11-10+,18-16+,25-12-/t24-,26+,27+,28+,31-,39-,44-,45+,50+,55-/m0/s1. The Bertz CT molecular complexity index is 3150. The van der Waals surface area contributed by atoms with Crippen LogP contribution in [-0.4, -0.2) is 115 Å². The van der Waals surface area contributed by atoms with E-state index in [1.165, 1.54) is 59.4 Å². The highest BCUT2D eigenvalue weighted by Crippen LogP contribution is 2.55. The third-order valence-electron chi connectivity index (χ3n) is 15.5. The van der Waals surface area contributed by atoms with E-state index in [0.29, 0.717) is 18.5 Å². The summed E-state index contributed by atoms with van der Waals surface area (Å²) in [4.78, 5) is 68.1. The van der Waals surface area contributed by atoms with Crippen LogP contribution >= 0.6 is 0 Å². The largest absolute Gasteiger partial charge is 0.507 e. The van der Waals surface area contributed by atoms with Gasteiger partial charge in [0.25, 0.3) is 11.7 Å². The van der Waals surface area contributed by atoms with Gasteiger partial charge in [0.05, 0.1) is 52.4 Å². The number of ketones is 1. The molecule has 4 aromatic rings. The number of ether oxygens (including phenoxy) is 4. The van der Waals surface area contributed by atoms with E-state index in [9.17, 15) is 54.6 Å². The first-order chi connectivity index (χ1) is 35.4. The maximum Gasteiger partial charge on any atom is 0.341 e. The van der Waals surface area contributed by atoms with Crippen LogP contribution in [0.2, 0.25) is 0 Å². The number of hydrogen-bond acceptors (Lipinski definition) is 16. The molecule has 10 atom stereocenters. The number of allylic oxidation sites excluding steroid dienone is 2. The molecular weight excluding hydrogens is 976 g/mol. The molecule has 402 valence electrons. The van der Waals surface area contributed by atoms with Gasteiger partial charge < -0.3 is 69.7 Å². The van der Waals surface area contributed by atoms with Crippen LogP contribution in [0.5, 0.6) is 23.0 Å². The molecule has 1 aliphatic carbocycles. The number of nitrogens with zero attached hydrogens (tertiary/aromatic N) is 2. The number of phenolic OH excluding ortho intramolecular Hbond substituents is 3. The normalized spacial score (nSPS) is 29.2. The molecule has 75 heavy (non-hydrogen) atoms. The Morgan fingerprint density at radius 1 is 0.947 bits per heavy atom. The lowest BCUT2D eigenvalue weighted by molar-refractivity contribution is -0.160. The summed E-state index contributed by atoms with van der Waals surface area (Å²) in [5.41, 5.74) is -1.16. The molecule has 3 aromatic carbocycles. The predicted molar refractivity (Wildman–Crippen MR) is 275 cm³/mol. The third-order valence-corrected chi connectivity index (χ3v) is 15.5. The molecule has 20 heteroatoms. The highest BCUT2D eigenvalue weighted by molar-refractivity contribution is 6.22. The molecule has 5 bridgehead atoms.